The van der Waals surface area contributed by atoms with Gasteiger partial charge in [0.05, 0.1) is 27.1 Å². The fourth-order valence-corrected chi connectivity index (χ4v) is 5.55. The van der Waals surface area contributed by atoms with E-state index in [0.717, 1.165) is 35.8 Å². The molecule has 1 aromatic carbocycles. The van der Waals surface area contributed by atoms with E-state index in [-0.39, 0.29) is 10.8 Å². The fraction of sp³-hybridized carbons (Fsp3) is 0.476. The van der Waals surface area contributed by atoms with Crippen LogP contribution in [0.5, 0.6) is 0 Å². The summed E-state index contributed by atoms with van der Waals surface area (Å²) in [5.41, 5.74) is 0.511. The maximum Gasteiger partial charge on any atom is 0.177 e. The zero-order valence-corrected chi connectivity index (χ0v) is 19.0. The van der Waals surface area contributed by atoms with E-state index in [1.54, 1.807) is 34.2 Å². The summed E-state index contributed by atoms with van der Waals surface area (Å²) in [7, 11) is -3.43. The van der Waals surface area contributed by atoms with E-state index < -0.39 is 9.84 Å². The van der Waals surface area contributed by atoms with Gasteiger partial charge in [-0.15, -0.1) is 11.3 Å². The van der Waals surface area contributed by atoms with Crippen LogP contribution in [0.3, 0.4) is 0 Å². The van der Waals surface area contributed by atoms with Crippen LogP contribution < -0.4 is 0 Å². The first-order valence-corrected chi connectivity index (χ1v) is 12.9. The number of hydrogen-bond acceptors (Lipinski definition) is 7. The van der Waals surface area contributed by atoms with Gasteiger partial charge in [-0.25, -0.2) is 23.1 Å². The van der Waals surface area contributed by atoms with Crippen LogP contribution in [0.1, 0.15) is 55.8 Å². The number of benzene rings is 1. The molecule has 2 unspecified atom stereocenters. The van der Waals surface area contributed by atoms with Gasteiger partial charge in [-0.05, 0) is 25.0 Å². The molecule has 0 spiro atoms. The highest BCUT2D eigenvalue weighted by Crippen LogP contribution is 2.35. The van der Waals surface area contributed by atoms with E-state index in [9.17, 15) is 8.42 Å². The Bertz CT molecular complexity index is 1130. The third-order valence-corrected chi connectivity index (χ3v) is 7.60. The predicted molar refractivity (Wildman–Crippen MR) is 117 cm³/mol. The van der Waals surface area contributed by atoms with Crippen molar-refractivity contribution < 1.29 is 13.2 Å². The summed E-state index contributed by atoms with van der Waals surface area (Å²) in [4.78, 5) is 10.6. The van der Waals surface area contributed by atoms with Crippen LogP contribution in [0.4, 0.5) is 0 Å². The van der Waals surface area contributed by atoms with Gasteiger partial charge in [0.1, 0.15) is 0 Å². The van der Waals surface area contributed by atoms with Gasteiger partial charge in [0.15, 0.2) is 21.5 Å². The Labute approximate surface area is 181 Å². The van der Waals surface area contributed by atoms with Gasteiger partial charge >= 0.3 is 0 Å². The van der Waals surface area contributed by atoms with Gasteiger partial charge in [-0.1, -0.05) is 32.4 Å². The van der Waals surface area contributed by atoms with Crippen molar-refractivity contribution in [1.82, 2.24) is 19.7 Å². The Morgan fingerprint density at radius 3 is 2.83 bits per heavy atom. The normalized spacial score (nSPS) is 18.0. The van der Waals surface area contributed by atoms with Crippen LogP contribution in [0.2, 0.25) is 0 Å². The second-order valence-electron chi connectivity index (χ2n) is 7.76. The Morgan fingerprint density at radius 1 is 1.33 bits per heavy atom. The number of ether oxygens (including phenoxy) is 1. The SMILES string of the molecule is CCCC(C)c1nc(-c2cnc(C3CCOC3)s2)n(-c2ccccc2S(C)(=O)=O)n1. The first-order valence-electron chi connectivity index (χ1n) is 10.2. The Balaban J connectivity index is 1.85. The summed E-state index contributed by atoms with van der Waals surface area (Å²) in [6.07, 6.45) is 5.99. The topological polar surface area (TPSA) is 87.0 Å². The van der Waals surface area contributed by atoms with Gasteiger partial charge in [0, 0.05) is 30.9 Å². The van der Waals surface area contributed by atoms with E-state index >= 15 is 0 Å². The molecule has 0 amide bonds. The first kappa shape index (κ1) is 21.1. The maximum atomic E-state index is 12.4. The van der Waals surface area contributed by atoms with Crippen LogP contribution in [-0.4, -0.2) is 47.6 Å². The Hall–Kier alpha value is -2.10. The van der Waals surface area contributed by atoms with E-state index in [4.69, 9.17) is 14.8 Å². The molecule has 0 saturated carbocycles. The van der Waals surface area contributed by atoms with Gasteiger partial charge in [0.2, 0.25) is 0 Å². The Kier molecular flexibility index (Phi) is 6.04. The lowest BCUT2D eigenvalue weighted by Gasteiger charge is -2.09. The van der Waals surface area contributed by atoms with Crippen LogP contribution in [0.15, 0.2) is 35.4 Å². The van der Waals surface area contributed by atoms with Crippen molar-refractivity contribution in [2.75, 3.05) is 19.5 Å². The number of para-hydroxylation sites is 1. The van der Waals surface area contributed by atoms with Gasteiger partial charge < -0.3 is 4.74 Å². The van der Waals surface area contributed by atoms with Crippen molar-refractivity contribution in [3.05, 3.63) is 41.3 Å². The number of thiazole rings is 1. The minimum Gasteiger partial charge on any atom is -0.381 e. The molecule has 2 aromatic heterocycles. The first-order chi connectivity index (χ1) is 14.4. The number of hydrogen-bond donors (Lipinski definition) is 0. The lowest BCUT2D eigenvalue weighted by molar-refractivity contribution is 0.194. The predicted octanol–water partition coefficient (Wildman–Crippen LogP) is 4.20. The molecule has 1 aliphatic rings. The van der Waals surface area contributed by atoms with Crippen molar-refractivity contribution >= 4 is 21.2 Å². The quantitative estimate of drug-likeness (QED) is 0.540. The molecular weight excluding hydrogens is 420 g/mol. The van der Waals surface area contributed by atoms with Gasteiger partial charge in [0.25, 0.3) is 0 Å². The summed E-state index contributed by atoms with van der Waals surface area (Å²) < 4.78 is 32.0. The van der Waals surface area contributed by atoms with Crippen molar-refractivity contribution in [2.24, 2.45) is 0 Å². The Morgan fingerprint density at radius 2 is 2.13 bits per heavy atom. The number of aromatic nitrogens is 4. The van der Waals surface area contributed by atoms with Crippen LogP contribution in [0, 0.1) is 0 Å². The molecule has 3 heterocycles. The van der Waals surface area contributed by atoms with Crippen molar-refractivity contribution in [2.45, 2.75) is 49.8 Å². The highest BCUT2D eigenvalue weighted by atomic mass is 32.2. The molecule has 3 aromatic rings. The molecule has 9 heteroatoms. The van der Waals surface area contributed by atoms with Crippen LogP contribution >= 0.6 is 11.3 Å². The molecule has 160 valence electrons. The second kappa shape index (κ2) is 8.56. The summed E-state index contributed by atoms with van der Waals surface area (Å²) in [6, 6.07) is 6.93. The minimum atomic E-state index is -3.43. The van der Waals surface area contributed by atoms with Crippen molar-refractivity contribution in [3.8, 4) is 16.4 Å². The van der Waals surface area contributed by atoms with E-state index in [2.05, 4.69) is 18.8 Å². The van der Waals surface area contributed by atoms with Gasteiger partial charge in [-0.2, -0.15) is 5.10 Å². The lowest BCUT2D eigenvalue weighted by atomic mass is 10.1. The average Bonchev–Trinajstić information content (AvgIpc) is 3.46. The highest BCUT2D eigenvalue weighted by Gasteiger charge is 2.25. The summed E-state index contributed by atoms with van der Waals surface area (Å²) in [5, 5.41) is 5.78. The zero-order chi connectivity index (χ0) is 21.3. The smallest absolute Gasteiger partial charge is 0.177 e. The zero-order valence-electron chi connectivity index (χ0n) is 17.4. The summed E-state index contributed by atoms with van der Waals surface area (Å²) >= 11 is 1.58. The molecule has 0 N–H and O–H groups in total. The second-order valence-corrected chi connectivity index (χ2v) is 10.8. The molecule has 0 aliphatic carbocycles. The van der Waals surface area contributed by atoms with Crippen LogP contribution in [0.25, 0.3) is 16.4 Å². The van der Waals surface area contributed by atoms with E-state index in [0.29, 0.717) is 29.9 Å². The molecule has 2 atom stereocenters. The molecule has 4 rings (SSSR count). The van der Waals surface area contributed by atoms with E-state index in [1.165, 1.54) is 6.26 Å². The maximum absolute atomic E-state index is 12.4. The molecule has 1 saturated heterocycles. The number of nitrogens with zero attached hydrogens (tertiary/aromatic N) is 4. The molecule has 1 aliphatic heterocycles. The molecule has 30 heavy (non-hydrogen) atoms. The van der Waals surface area contributed by atoms with Gasteiger partial charge in [-0.3, -0.25) is 0 Å². The lowest BCUT2D eigenvalue weighted by Crippen LogP contribution is -2.08. The monoisotopic (exact) mass is 446 g/mol. The third-order valence-electron chi connectivity index (χ3n) is 5.30. The molecule has 0 bridgehead atoms. The molecular formula is C21H26N4O3S2. The summed E-state index contributed by atoms with van der Waals surface area (Å²) in [6.45, 7) is 5.68. The summed E-state index contributed by atoms with van der Waals surface area (Å²) in [5.74, 6) is 1.83. The molecule has 1 fully saturated rings. The van der Waals surface area contributed by atoms with Crippen LogP contribution in [-0.2, 0) is 14.6 Å². The largest absolute Gasteiger partial charge is 0.381 e. The van der Waals surface area contributed by atoms with Crippen molar-refractivity contribution in [3.63, 3.8) is 0 Å². The highest BCUT2D eigenvalue weighted by molar-refractivity contribution is 7.90. The van der Waals surface area contributed by atoms with E-state index in [1.807, 2.05) is 12.3 Å². The fourth-order valence-electron chi connectivity index (χ4n) is 3.68. The molecule has 0 radical (unpaired) electrons. The number of rotatable bonds is 7. The third kappa shape index (κ3) is 4.19. The van der Waals surface area contributed by atoms with Crippen molar-refractivity contribution in [1.29, 1.82) is 0 Å². The number of sulfone groups is 1. The average molecular weight is 447 g/mol. The standard InChI is InChI=1S/C21H26N4O3S2/c1-4-7-14(2)19-23-20(17-12-22-21(29-17)15-10-11-28-13-15)25(24-19)16-8-5-6-9-18(16)30(3,26)27/h5-6,8-9,12,14-15H,4,7,10-11,13H2,1-3H3. The minimum absolute atomic E-state index is 0.177. The molecule has 7 nitrogen and oxygen atoms in total.